The van der Waals surface area contributed by atoms with E-state index in [0.29, 0.717) is 38.7 Å². The highest BCUT2D eigenvalue weighted by molar-refractivity contribution is 5.80. The summed E-state index contributed by atoms with van der Waals surface area (Å²) < 4.78 is 1.92. The van der Waals surface area contributed by atoms with Crippen molar-refractivity contribution in [1.82, 2.24) is 24.3 Å². The first-order valence-electron chi connectivity index (χ1n) is 8.64. The number of fused-ring (bicyclic) bond motifs is 1. The van der Waals surface area contributed by atoms with Gasteiger partial charge in [-0.15, -0.1) is 0 Å². The average Bonchev–Trinajstić information content (AvgIpc) is 3.28. The van der Waals surface area contributed by atoms with Gasteiger partial charge >= 0.3 is 5.97 Å². The normalized spacial score (nSPS) is 25.4. The number of hydrogen-bond acceptors (Lipinski definition) is 5. The molecule has 26 heavy (non-hydrogen) atoms. The zero-order valence-electron chi connectivity index (χ0n) is 14.6. The maximum Gasteiger partial charge on any atom is 0.313 e. The minimum Gasteiger partial charge on any atom is -0.481 e. The molecule has 0 aromatic carbocycles. The third-order valence-corrected chi connectivity index (χ3v) is 5.54. The van der Waals surface area contributed by atoms with E-state index in [2.05, 4.69) is 14.9 Å². The van der Waals surface area contributed by atoms with E-state index in [-0.39, 0.29) is 11.8 Å². The summed E-state index contributed by atoms with van der Waals surface area (Å²) in [6.45, 7) is 4.04. The topological polar surface area (TPSA) is 91.6 Å². The molecule has 0 bridgehead atoms. The van der Waals surface area contributed by atoms with Crippen LogP contribution in [-0.4, -0.2) is 67.5 Å². The fraction of sp³-hybridized carbons (Fsp3) is 0.444. The molecule has 2 fully saturated rings. The molecule has 0 spiro atoms. The Hall–Kier alpha value is -2.74. The number of hydrogen-bond donors (Lipinski definition) is 1. The average molecular weight is 355 g/mol. The summed E-state index contributed by atoms with van der Waals surface area (Å²) in [5, 5.41) is 9.86. The van der Waals surface area contributed by atoms with Crippen LogP contribution in [0.2, 0.25) is 0 Å². The maximum absolute atomic E-state index is 12.0. The largest absolute Gasteiger partial charge is 0.481 e. The molecular formula is C18H21N5O3. The number of likely N-dealkylation sites (tertiary alicyclic amines) is 2. The van der Waals surface area contributed by atoms with Gasteiger partial charge in [-0.05, 0) is 18.2 Å². The monoisotopic (exact) mass is 355 g/mol. The van der Waals surface area contributed by atoms with Gasteiger partial charge in [0.05, 0.1) is 0 Å². The highest BCUT2D eigenvalue weighted by atomic mass is 16.4. The molecule has 0 unspecified atom stereocenters. The minimum absolute atomic E-state index is 0.0414. The molecule has 8 nitrogen and oxygen atoms in total. The van der Waals surface area contributed by atoms with Gasteiger partial charge in [0.1, 0.15) is 5.41 Å². The van der Waals surface area contributed by atoms with E-state index in [1.54, 1.807) is 23.4 Å². The lowest BCUT2D eigenvalue weighted by Gasteiger charge is -2.25. The summed E-state index contributed by atoms with van der Waals surface area (Å²) in [7, 11) is 0. The first-order chi connectivity index (χ1) is 12.5. The van der Waals surface area contributed by atoms with Gasteiger partial charge in [-0.3, -0.25) is 19.1 Å². The molecule has 4 rings (SSSR count). The molecule has 1 N–H and O–H groups in total. The van der Waals surface area contributed by atoms with Crippen LogP contribution >= 0.6 is 0 Å². The number of carboxylic acids is 1. The molecule has 2 aliphatic rings. The molecule has 2 saturated heterocycles. The second-order valence-electron chi connectivity index (χ2n) is 7.15. The van der Waals surface area contributed by atoms with Gasteiger partial charge < -0.3 is 10.0 Å². The van der Waals surface area contributed by atoms with Crippen molar-refractivity contribution >= 4 is 11.9 Å². The molecule has 0 radical (unpaired) electrons. The fourth-order valence-corrected chi connectivity index (χ4v) is 4.22. The standard InChI is InChI=1S/C18H21N5O3/c1-13(24)22-9-14-8-21(11-18(14,12-22)16(25)26)10-15-4-2-7-23(15)17-19-5-3-6-20-17/h2-7,14H,8-12H2,1H3,(H,25,26)/t14-,18-/m1/s1. The van der Waals surface area contributed by atoms with Crippen LogP contribution in [0.25, 0.3) is 5.95 Å². The first-order valence-corrected chi connectivity index (χ1v) is 8.64. The summed E-state index contributed by atoms with van der Waals surface area (Å²) in [5.74, 6) is -0.305. The molecule has 2 aromatic rings. The van der Waals surface area contributed by atoms with Gasteiger partial charge in [-0.2, -0.15) is 0 Å². The number of aliphatic carboxylic acids is 1. The van der Waals surface area contributed by atoms with Crippen molar-refractivity contribution in [3.8, 4) is 5.95 Å². The Bertz CT molecular complexity index is 836. The van der Waals surface area contributed by atoms with Crippen LogP contribution in [-0.2, 0) is 16.1 Å². The molecular weight excluding hydrogens is 334 g/mol. The second kappa shape index (κ2) is 6.21. The van der Waals surface area contributed by atoms with E-state index in [1.807, 2.05) is 22.9 Å². The van der Waals surface area contributed by atoms with E-state index < -0.39 is 11.4 Å². The molecule has 136 valence electrons. The molecule has 0 saturated carbocycles. The van der Waals surface area contributed by atoms with E-state index in [1.165, 1.54) is 6.92 Å². The first kappa shape index (κ1) is 16.7. The van der Waals surface area contributed by atoms with E-state index in [0.717, 1.165) is 5.69 Å². The lowest BCUT2D eigenvalue weighted by atomic mass is 9.81. The van der Waals surface area contributed by atoms with Crippen LogP contribution in [0.3, 0.4) is 0 Å². The van der Waals surface area contributed by atoms with Gasteiger partial charge in [0.15, 0.2) is 0 Å². The number of carboxylic acid groups (broad SMARTS) is 1. The SMILES string of the molecule is CC(=O)N1C[C@H]2CN(Cc3cccn3-c3ncccn3)C[C@@]2(C(=O)O)C1. The Morgan fingerprint density at radius 1 is 1.23 bits per heavy atom. The Kier molecular flexibility index (Phi) is 3.99. The van der Waals surface area contributed by atoms with Crippen LogP contribution in [0, 0.1) is 11.3 Å². The van der Waals surface area contributed by atoms with Crippen LogP contribution in [0.5, 0.6) is 0 Å². The summed E-state index contributed by atoms with van der Waals surface area (Å²) >= 11 is 0. The lowest BCUT2D eigenvalue weighted by Crippen LogP contribution is -2.41. The molecule has 4 heterocycles. The third kappa shape index (κ3) is 2.66. The number of aromatic nitrogens is 3. The number of nitrogens with zero attached hydrogens (tertiary/aromatic N) is 5. The summed E-state index contributed by atoms with van der Waals surface area (Å²) in [6, 6.07) is 5.71. The van der Waals surface area contributed by atoms with Gasteiger partial charge in [0.2, 0.25) is 11.9 Å². The zero-order chi connectivity index (χ0) is 18.3. The summed E-state index contributed by atoms with van der Waals surface area (Å²) in [4.78, 5) is 36.1. The number of rotatable bonds is 4. The van der Waals surface area contributed by atoms with Crippen LogP contribution in [0.1, 0.15) is 12.6 Å². The van der Waals surface area contributed by atoms with Gasteiger partial charge in [-0.1, -0.05) is 0 Å². The molecule has 2 aromatic heterocycles. The molecule has 2 atom stereocenters. The van der Waals surface area contributed by atoms with E-state index in [4.69, 9.17) is 0 Å². The van der Waals surface area contributed by atoms with Crippen molar-refractivity contribution in [1.29, 1.82) is 0 Å². The Labute approximate surface area is 151 Å². The Morgan fingerprint density at radius 3 is 2.65 bits per heavy atom. The second-order valence-corrected chi connectivity index (χ2v) is 7.15. The van der Waals surface area contributed by atoms with Crippen molar-refractivity contribution in [2.24, 2.45) is 11.3 Å². The van der Waals surface area contributed by atoms with Gasteiger partial charge in [0, 0.05) is 69.8 Å². The Morgan fingerprint density at radius 2 is 2.00 bits per heavy atom. The van der Waals surface area contributed by atoms with Crippen LogP contribution in [0.15, 0.2) is 36.8 Å². The van der Waals surface area contributed by atoms with Crippen molar-refractivity contribution < 1.29 is 14.7 Å². The third-order valence-electron chi connectivity index (χ3n) is 5.54. The predicted octanol–water partition coefficient (Wildman–Crippen LogP) is 0.632. The zero-order valence-corrected chi connectivity index (χ0v) is 14.6. The van der Waals surface area contributed by atoms with Crippen molar-refractivity contribution in [2.75, 3.05) is 26.2 Å². The van der Waals surface area contributed by atoms with E-state index in [9.17, 15) is 14.7 Å². The van der Waals surface area contributed by atoms with Crippen molar-refractivity contribution in [3.05, 3.63) is 42.5 Å². The van der Waals surface area contributed by atoms with Crippen LogP contribution in [0.4, 0.5) is 0 Å². The predicted molar refractivity (Wildman–Crippen MR) is 92.4 cm³/mol. The number of carbonyl (C=O) groups is 2. The number of carbonyl (C=O) groups excluding carboxylic acids is 1. The molecule has 1 amide bonds. The maximum atomic E-state index is 12.0. The van der Waals surface area contributed by atoms with Crippen molar-refractivity contribution in [3.63, 3.8) is 0 Å². The fourth-order valence-electron chi connectivity index (χ4n) is 4.22. The lowest BCUT2D eigenvalue weighted by molar-refractivity contribution is -0.149. The summed E-state index contributed by atoms with van der Waals surface area (Å²) in [5.41, 5.74) is 0.145. The minimum atomic E-state index is -0.869. The molecule has 2 aliphatic heterocycles. The smallest absolute Gasteiger partial charge is 0.313 e. The number of amides is 1. The highest BCUT2D eigenvalue weighted by Crippen LogP contribution is 2.43. The molecule has 8 heteroatoms. The van der Waals surface area contributed by atoms with Gasteiger partial charge in [-0.25, -0.2) is 9.97 Å². The Balaban J connectivity index is 1.54. The van der Waals surface area contributed by atoms with Crippen LogP contribution < -0.4 is 0 Å². The summed E-state index contributed by atoms with van der Waals surface area (Å²) in [6.07, 6.45) is 5.30. The molecule has 0 aliphatic carbocycles. The quantitative estimate of drug-likeness (QED) is 0.865. The van der Waals surface area contributed by atoms with Crippen molar-refractivity contribution in [2.45, 2.75) is 13.5 Å². The highest BCUT2D eigenvalue weighted by Gasteiger charge is 2.58. The van der Waals surface area contributed by atoms with E-state index >= 15 is 0 Å². The van der Waals surface area contributed by atoms with Gasteiger partial charge in [0.25, 0.3) is 0 Å².